The normalized spacial score (nSPS) is 17.1. The summed E-state index contributed by atoms with van der Waals surface area (Å²) in [6, 6.07) is 4.07. The second-order valence-electron chi connectivity index (χ2n) is 8.42. The Hall–Kier alpha value is -2.58. The Bertz CT molecular complexity index is 1130. The molecule has 0 spiro atoms. The lowest BCUT2D eigenvalue weighted by molar-refractivity contribution is -0.133. The van der Waals surface area contributed by atoms with Crippen LogP contribution < -0.4 is 5.56 Å². The summed E-state index contributed by atoms with van der Waals surface area (Å²) in [4.78, 5) is 43.5. The first kappa shape index (κ1) is 20.3. The molecule has 31 heavy (non-hydrogen) atoms. The van der Waals surface area contributed by atoms with Crippen LogP contribution in [0.15, 0.2) is 29.3 Å². The predicted molar refractivity (Wildman–Crippen MR) is 121 cm³/mol. The van der Waals surface area contributed by atoms with E-state index in [1.54, 1.807) is 11.3 Å². The van der Waals surface area contributed by atoms with E-state index in [1.807, 2.05) is 29.4 Å². The summed E-state index contributed by atoms with van der Waals surface area (Å²) < 4.78 is 0. The zero-order valence-electron chi connectivity index (χ0n) is 17.6. The summed E-state index contributed by atoms with van der Waals surface area (Å²) in [5.41, 5.74) is 2.40. The van der Waals surface area contributed by atoms with Crippen molar-refractivity contribution in [2.75, 3.05) is 26.2 Å². The van der Waals surface area contributed by atoms with Crippen molar-refractivity contribution in [3.05, 3.63) is 56.7 Å². The summed E-state index contributed by atoms with van der Waals surface area (Å²) >= 11 is 1.66. The molecule has 1 fully saturated rings. The highest BCUT2D eigenvalue weighted by Gasteiger charge is 2.22. The number of hydrogen-bond donors (Lipinski definition) is 1. The first-order chi connectivity index (χ1) is 15.2. The zero-order chi connectivity index (χ0) is 21.2. The third-order valence-electron chi connectivity index (χ3n) is 6.33. The van der Waals surface area contributed by atoms with Gasteiger partial charge in [0.05, 0.1) is 5.39 Å². The van der Waals surface area contributed by atoms with E-state index in [9.17, 15) is 9.59 Å². The van der Waals surface area contributed by atoms with Gasteiger partial charge >= 0.3 is 0 Å². The second-order valence-corrected chi connectivity index (χ2v) is 9.50. The van der Waals surface area contributed by atoms with E-state index < -0.39 is 0 Å². The van der Waals surface area contributed by atoms with Gasteiger partial charge in [0.2, 0.25) is 5.91 Å². The van der Waals surface area contributed by atoms with Crippen LogP contribution in [-0.4, -0.2) is 56.8 Å². The highest BCUT2D eigenvalue weighted by atomic mass is 32.1. The monoisotopic (exact) mass is 437 g/mol. The number of aromatic nitrogens is 3. The van der Waals surface area contributed by atoms with Gasteiger partial charge in [0, 0.05) is 62.8 Å². The molecule has 0 saturated carbocycles. The zero-order valence-corrected chi connectivity index (χ0v) is 18.4. The Kier molecular flexibility index (Phi) is 5.82. The third kappa shape index (κ3) is 4.41. The number of amides is 1. The van der Waals surface area contributed by atoms with Gasteiger partial charge in [-0.2, -0.15) is 0 Å². The minimum absolute atomic E-state index is 0.0448. The fraction of sp³-hybridized carbons (Fsp3) is 0.478. The number of hydrogen-bond acceptors (Lipinski definition) is 6. The molecule has 0 aromatic carbocycles. The fourth-order valence-electron chi connectivity index (χ4n) is 4.61. The molecular weight excluding hydrogens is 410 g/mol. The van der Waals surface area contributed by atoms with Crippen molar-refractivity contribution in [3.63, 3.8) is 0 Å². The van der Waals surface area contributed by atoms with Crippen LogP contribution in [0, 0.1) is 0 Å². The van der Waals surface area contributed by atoms with E-state index in [0.29, 0.717) is 18.7 Å². The summed E-state index contributed by atoms with van der Waals surface area (Å²) in [5.74, 6) is 0.762. The van der Waals surface area contributed by atoms with Gasteiger partial charge in [0.15, 0.2) is 0 Å². The lowest BCUT2D eigenvalue weighted by Gasteiger charge is -2.34. The van der Waals surface area contributed by atoms with Gasteiger partial charge in [-0.1, -0.05) is 0 Å². The van der Waals surface area contributed by atoms with Crippen molar-refractivity contribution in [3.8, 4) is 0 Å². The predicted octanol–water partition coefficient (Wildman–Crippen LogP) is 2.54. The number of carbonyl (C=O) groups excluding carboxylic acids is 1. The number of thiophene rings is 1. The average Bonchev–Trinajstić information content (AvgIpc) is 3.17. The van der Waals surface area contributed by atoms with E-state index >= 15 is 0 Å². The minimum atomic E-state index is -0.0448. The topological polar surface area (TPSA) is 82.2 Å². The minimum Gasteiger partial charge on any atom is -0.340 e. The van der Waals surface area contributed by atoms with E-state index in [0.717, 1.165) is 62.2 Å². The highest BCUT2D eigenvalue weighted by Crippen LogP contribution is 2.33. The van der Waals surface area contributed by atoms with Crippen LogP contribution in [0.1, 0.15) is 41.1 Å². The maximum absolute atomic E-state index is 12.7. The average molecular weight is 438 g/mol. The molecule has 1 N–H and O–H groups in total. The summed E-state index contributed by atoms with van der Waals surface area (Å²) in [6.07, 6.45) is 8.85. The number of H-pyrrole nitrogens is 1. The molecule has 3 aromatic heterocycles. The highest BCUT2D eigenvalue weighted by molar-refractivity contribution is 7.18. The third-order valence-corrected chi connectivity index (χ3v) is 7.52. The molecule has 4 heterocycles. The molecule has 8 heteroatoms. The fourth-order valence-corrected chi connectivity index (χ4v) is 5.89. The van der Waals surface area contributed by atoms with Gasteiger partial charge < -0.3 is 9.88 Å². The van der Waals surface area contributed by atoms with Crippen LogP contribution in [0.4, 0.5) is 0 Å². The number of nitrogens with one attached hydrogen (secondary N) is 1. The van der Waals surface area contributed by atoms with Gasteiger partial charge in [0.1, 0.15) is 10.7 Å². The molecule has 7 nitrogen and oxygen atoms in total. The molecule has 0 unspecified atom stereocenters. The molecular formula is C23H27N5O2S. The summed E-state index contributed by atoms with van der Waals surface area (Å²) in [5, 5.41) is 0.778. The molecule has 162 valence electrons. The Morgan fingerprint density at radius 2 is 1.87 bits per heavy atom. The van der Waals surface area contributed by atoms with E-state index in [-0.39, 0.29) is 11.5 Å². The molecule has 0 radical (unpaired) electrons. The van der Waals surface area contributed by atoms with Gasteiger partial charge in [0.25, 0.3) is 5.56 Å². The smallest absolute Gasteiger partial charge is 0.259 e. The first-order valence-electron chi connectivity index (χ1n) is 11.1. The van der Waals surface area contributed by atoms with Gasteiger partial charge in [-0.25, -0.2) is 4.98 Å². The maximum Gasteiger partial charge on any atom is 0.259 e. The van der Waals surface area contributed by atoms with Crippen LogP contribution in [0.5, 0.6) is 0 Å². The van der Waals surface area contributed by atoms with E-state index in [4.69, 9.17) is 4.98 Å². The number of fused-ring (bicyclic) bond motifs is 3. The molecule has 1 aliphatic carbocycles. The lowest BCUT2D eigenvalue weighted by atomic mass is 9.97. The molecule has 1 amide bonds. The molecule has 2 aliphatic rings. The van der Waals surface area contributed by atoms with Crippen molar-refractivity contribution in [2.24, 2.45) is 0 Å². The molecule has 0 atom stereocenters. The van der Waals surface area contributed by atoms with Crippen molar-refractivity contribution in [1.82, 2.24) is 24.8 Å². The standard InChI is InChI=1S/C23H27N5O2S/c29-20(28-13-11-27(12-14-28)15-16-7-9-24-10-8-16)6-5-19-25-22(30)21-17-3-1-2-4-18(17)31-23(21)26-19/h7-10H,1-6,11-15H2,(H,25,26,30). The number of rotatable bonds is 5. The van der Waals surface area contributed by atoms with Gasteiger partial charge in [-0.3, -0.25) is 19.5 Å². The number of piperazine rings is 1. The largest absolute Gasteiger partial charge is 0.340 e. The maximum atomic E-state index is 12.7. The Labute approximate surface area is 185 Å². The molecule has 1 aliphatic heterocycles. The van der Waals surface area contributed by atoms with Crippen molar-refractivity contribution in [1.29, 1.82) is 0 Å². The van der Waals surface area contributed by atoms with Crippen molar-refractivity contribution < 1.29 is 4.79 Å². The van der Waals surface area contributed by atoms with Crippen LogP contribution in [-0.2, 0) is 30.6 Å². The van der Waals surface area contributed by atoms with E-state index in [1.165, 1.54) is 22.4 Å². The molecule has 3 aromatic rings. The van der Waals surface area contributed by atoms with Crippen molar-refractivity contribution >= 4 is 27.5 Å². The second kappa shape index (κ2) is 8.88. The Balaban J connectivity index is 1.17. The van der Waals surface area contributed by atoms with Crippen LogP contribution >= 0.6 is 11.3 Å². The van der Waals surface area contributed by atoms with Gasteiger partial charge in [-0.15, -0.1) is 11.3 Å². The van der Waals surface area contributed by atoms with Crippen LogP contribution in [0.3, 0.4) is 0 Å². The number of nitrogens with zero attached hydrogens (tertiary/aromatic N) is 4. The quantitative estimate of drug-likeness (QED) is 0.663. The van der Waals surface area contributed by atoms with Crippen molar-refractivity contribution in [2.45, 2.75) is 45.1 Å². The number of aryl methyl sites for hydroxylation is 3. The van der Waals surface area contributed by atoms with Gasteiger partial charge in [-0.05, 0) is 48.9 Å². The summed E-state index contributed by atoms with van der Waals surface area (Å²) in [7, 11) is 0. The molecule has 0 bridgehead atoms. The Morgan fingerprint density at radius 1 is 1.10 bits per heavy atom. The molecule has 5 rings (SSSR count). The first-order valence-corrected chi connectivity index (χ1v) is 11.9. The Morgan fingerprint density at radius 3 is 2.68 bits per heavy atom. The van der Waals surface area contributed by atoms with Crippen LogP contribution in [0.25, 0.3) is 10.2 Å². The molecule has 1 saturated heterocycles. The van der Waals surface area contributed by atoms with Crippen LogP contribution in [0.2, 0.25) is 0 Å². The number of aromatic amines is 1. The lowest BCUT2D eigenvalue weighted by Crippen LogP contribution is -2.48. The number of pyridine rings is 1. The summed E-state index contributed by atoms with van der Waals surface area (Å²) in [6.45, 7) is 4.11. The number of carbonyl (C=O) groups is 1. The SMILES string of the molecule is O=C(CCc1nc2sc3c(c2c(=O)[nH]1)CCCC3)N1CCN(Cc2ccncc2)CC1. The van der Waals surface area contributed by atoms with E-state index in [2.05, 4.69) is 14.9 Å².